The maximum Gasteiger partial charge on any atom is 0.0721 e. The SMILES string of the molecule is OCC1C=CCCC1.c1ccc(COCc2ccccc2)cc1. The molecule has 1 atom stereocenters. The van der Waals surface area contributed by atoms with Crippen molar-refractivity contribution in [2.45, 2.75) is 32.5 Å². The molecule has 0 radical (unpaired) electrons. The minimum absolute atomic E-state index is 0.330. The first-order valence-corrected chi connectivity index (χ1v) is 8.31. The van der Waals surface area contributed by atoms with Gasteiger partial charge in [0.2, 0.25) is 0 Å². The third-order valence-corrected chi connectivity index (χ3v) is 3.81. The van der Waals surface area contributed by atoms with E-state index in [1.165, 1.54) is 30.4 Å². The monoisotopic (exact) mass is 310 g/mol. The number of ether oxygens (including phenoxy) is 1. The zero-order chi connectivity index (χ0) is 16.2. The molecule has 0 fully saturated rings. The van der Waals surface area contributed by atoms with E-state index in [0.29, 0.717) is 25.7 Å². The van der Waals surface area contributed by atoms with Crippen LogP contribution >= 0.6 is 0 Å². The second-order valence-electron chi connectivity index (χ2n) is 5.77. The van der Waals surface area contributed by atoms with Crippen molar-refractivity contribution < 1.29 is 9.84 Å². The smallest absolute Gasteiger partial charge is 0.0721 e. The first-order valence-electron chi connectivity index (χ1n) is 8.31. The van der Waals surface area contributed by atoms with Crippen molar-refractivity contribution in [2.75, 3.05) is 6.61 Å². The largest absolute Gasteiger partial charge is 0.396 e. The van der Waals surface area contributed by atoms with E-state index < -0.39 is 0 Å². The number of benzene rings is 2. The highest BCUT2D eigenvalue weighted by Crippen LogP contribution is 2.15. The molecule has 122 valence electrons. The molecule has 0 aliphatic heterocycles. The normalized spacial score (nSPS) is 16.5. The van der Waals surface area contributed by atoms with Crippen LogP contribution in [0.15, 0.2) is 72.8 Å². The van der Waals surface area contributed by atoms with Crippen molar-refractivity contribution in [3.63, 3.8) is 0 Å². The standard InChI is InChI=1S/C14H14O.C7H12O/c1-3-7-13(8-4-1)11-15-12-14-9-5-2-6-10-14;8-6-7-4-2-1-3-5-7/h1-10H,11-12H2;2,4,7-8H,1,3,5-6H2. The van der Waals surface area contributed by atoms with E-state index in [1.54, 1.807) is 0 Å². The molecule has 1 aliphatic carbocycles. The third kappa shape index (κ3) is 7.27. The molecule has 3 rings (SSSR count). The quantitative estimate of drug-likeness (QED) is 0.808. The number of aliphatic hydroxyl groups excluding tert-OH is 1. The summed E-state index contributed by atoms with van der Waals surface area (Å²) in [5, 5.41) is 8.64. The summed E-state index contributed by atoms with van der Waals surface area (Å²) in [6, 6.07) is 20.4. The highest BCUT2D eigenvalue weighted by molar-refractivity contribution is 5.15. The van der Waals surface area contributed by atoms with Crippen LogP contribution in [0.2, 0.25) is 0 Å². The van der Waals surface area contributed by atoms with E-state index in [2.05, 4.69) is 36.4 Å². The zero-order valence-electron chi connectivity index (χ0n) is 13.6. The summed E-state index contributed by atoms with van der Waals surface area (Å²) in [5.74, 6) is 0.462. The number of allylic oxidation sites excluding steroid dienone is 1. The Balaban J connectivity index is 0.000000203. The molecule has 1 unspecified atom stereocenters. The summed E-state index contributed by atoms with van der Waals surface area (Å²) in [6.07, 6.45) is 7.90. The molecule has 2 nitrogen and oxygen atoms in total. The lowest BCUT2D eigenvalue weighted by atomic mass is 9.97. The Bertz CT molecular complexity index is 509. The summed E-state index contributed by atoms with van der Waals surface area (Å²) >= 11 is 0. The molecular weight excluding hydrogens is 284 g/mol. The van der Waals surface area contributed by atoms with Gasteiger partial charge in [-0.15, -0.1) is 0 Å². The second-order valence-corrected chi connectivity index (χ2v) is 5.77. The van der Waals surface area contributed by atoms with Crippen LogP contribution in [0, 0.1) is 5.92 Å². The van der Waals surface area contributed by atoms with Crippen molar-refractivity contribution in [3.8, 4) is 0 Å². The highest BCUT2D eigenvalue weighted by atomic mass is 16.5. The van der Waals surface area contributed by atoms with Crippen LogP contribution in [-0.2, 0) is 18.0 Å². The molecule has 0 spiro atoms. The molecule has 0 aromatic heterocycles. The van der Waals surface area contributed by atoms with Crippen LogP contribution in [0.25, 0.3) is 0 Å². The number of hydrogen-bond donors (Lipinski definition) is 1. The highest BCUT2D eigenvalue weighted by Gasteiger charge is 2.04. The Morgan fingerprint density at radius 2 is 1.43 bits per heavy atom. The van der Waals surface area contributed by atoms with Crippen molar-refractivity contribution in [3.05, 3.63) is 83.9 Å². The molecular formula is C21H26O2. The van der Waals surface area contributed by atoms with Gasteiger partial charge in [0, 0.05) is 6.61 Å². The number of aliphatic hydroxyl groups is 1. The topological polar surface area (TPSA) is 29.5 Å². The van der Waals surface area contributed by atoms with Crippen molar-refractivity contribution >= 4 is 0 Å². The summed E-state index contributed by atoms with van der Waals surface area (Å²) in [4.78, 5) is 0. The average Bonchev–Trinajstić information content (AvgIpc) is 2.65. The Labute approximate surface area is 139 Å². The minimum Gasteiger partial charge on any atom is -0.396 e. The first kappa shape index (κ1) is 17.5. The summed E-state index contributed by atoms with van der Waals surface area (Å²) in [7, 11) is 0. The average molecular weight is 310 g/mol. The van der Waals surface area contributed by atoms with Crippen molar-refractivity contribution in [1.82, 2.24) is 0 Å². The molecule has 2 aromatic rings. The van der Waals surface area contributed by atoms with E-state index in [-0.39, 0.29) is 0 Å². The Kier molecular flexibility index (Phi) is 8.17. The fourth-order valence-corrected chi connectivity index (χ4v) is 2.47. The Hall–Kier alpha value is -1.90. The lowest BCUT2D eigenvalue weighted by molar-refractivity contribution is 0.107. The molecule has 0 saturated heterocycles. The van der Waals surface area contributed by atoms with Crippen LogP contribution < -0.4 is 0 Å². The van der Waals surface area contributed by atoms with Gasteiger partial charge in [-0.1, -0.05) is 72.8 Å². The first-order chi connectivity index (χ1) is 11.4. The summed E-state index contributed by atoms with van der Waals surface area (Å²) in [6.45, 7) is 1.68. The lowest BCUT2D eigenvalue weighted by Crippen LogP contribution is -2.04. The molecule has 2 heteroatoms. The van der Waals surface area contributed by atoms with Gasteiger partial charge in [0.15, 0.2) is 0 Å². The van der Waals surface area contributed by atoms with Gasteiger partial charge in [-0.2, -0.15) is 0 Å². The number of rotatable bonds is 5. The fraction of sp³-hybridized carbons (Fsp3) is 0.333. The van der Waals surface area contributed by atoms with E-state index in [9.17, 15) is 0 Å². The van der Waals surface area contributed by atoms with Crippen LogP contribution in [0.3, 0.4) is 0 Å². The maximum atomic E-state index is 8.64. The predicted molar refractivity (Wildman–Crippen MR) is 94.9 cm³/mol. The van der Waals surface area contributed by atoms with Crippen LogP contribution in [0.5, 0.6) is 0 Å². The Morgan fingerprint density at radius 3 is 1.83 bits per heavy atom. The van der Waals surface area contributed by atoms with E-state index >= 15 is 0 Å². The lowest BCUT2D eigenvalue weighted by Gasteiger charge is -2.11. The van der Waals surface area contributed by atoms with Gasteiger partial charge >= 0.3 is 0 Å². The van der Waals surface area contributed by atoms with Gasteiger partial charge in [-0.25, -0.2) is 0 Å². The van der Waals surface area contributed by atoms with Gasteiger partial charge in [0.25, 0.3) is 0 Å². The van der Waals surface area contributed by atoms with Crippen molar-refractivity contribution in [2.24, 2.45) is 5.92 Å². The summed E-state index contributed by atoms with van der Waals surface area (Å²) in [5.41, 5.74) is 2.43. The molecule has 0 bridgehead atoms. The van der Waals surface area contributed by atoms with Gasteiger partial charge in [-0.05, 0) is 36.3 Å². The molecule has 23 heavy (non-hydrogen) atoms. The summed E-state index contributed by atoms with van der Waals surface area (Å²) < 4.78 is 5.61. The maximum absolute atomic E-state index is 8.64. The molecule has 0 amide bonds. The zero-order valence-corrected chi connectivity index (χ0v) is 13.6. The van der Waals surface area contributed by atoms with E-state index in [4.69, 9.17) is 9.84 Å². The van der Waals surface area contributed by atoms with Crippen LogP contribution in [0.1, 0.15) is 30.4 Å². The van der Waals surface area contributed by atoms with E-state index in [0.717, 1.165) is 0 Å². The predicted octanol–water partition coefficient (Wildman–Crippen LogP) is 4.74. The van der Waals surface area contributed by atoms with Crippen molar-refractivity contribution in [1.29, 1.82) is 0 Å². The fourth-order valence-electron chi connectivity index (χ4n) is 2.47. The van der Waals surface area contributed by atoms with E-state index in [1.807, 2.05) is 36.4 Å². The molecule has 0 heterocycles. The Morgan fingerprint density at radius 1 is 0.870 bits per heavy atom. The molecule has 2 aromatic carbocycles. The van der Waals surface area contributed by atoms with Crippen LogP contribution in [-0.4, -0.2) is 11.7 Å². The van der Waals surface area contributed by atoms with Crippen LogP contribution in [0.4, 0.5) is 0 Å². The molecule has 1 aliphatic rings. The van der Waals surface area contributed by atoms with Gasteiger partial charge < -0.3 is 9.84 Å². The third-order valence-electron chi connectivity index (χ3n) is 3.81. The number of hydrogen-bond acceptors (Lipinski definition) is 2. The van der Waals surface area contributed by atoms with Gasteiger partial charge in [0.05, 0.1) is 13.2 Å². The minimum atomic E-state index is 0.330. The molecule has 0 saturated carbocycles. The molecule has 1 N–H and O–H groups in total. The van der Waals surface area contributed by atoms with Gasteiger partial charge in [-0.3, -0.25) is 0 Å². The second kappa shape index (κ2) is 10.8. The van der Waals surface area contributed by atoms with Gasteiger partial charge in [0.1, 0.15) is 0 Å².